The van der Waals surface area contributed by atoms with Gasteiger partial charge in [-0.15, -0.1) is 0 Å². The third-order valence-electron chi connectivity index (χ3n) is 4.51. The smallest absolute Gasteiger partial charge is 0.265 e. The minimum Gasteiger partial charge on any atom is -0.351 e. The summed E-state index contributed by atoms with van der Waals surface area (Å²) in [5.74, 6) is -0.989. The van der Waals surface area contributed by atoms with Gasteiger partial charge in [0.25, 0.3) is 11.5 Å². The number of nitrogens with zero attached hydrogens (tertiary/aromatic N) is 2. The maximum absolute atomic E-state index is 14.2. The molecule has 0 unspecified atom stereocenters. The van der Waals surface area contributed by atoms with Crippen LogP contribution in [0.5, 0.6) is 0 Å². The first-order valence-electron chi connectivity index (χ1n) is 9.78. The lowest BCUT2D eigenvalue weighted by Crippen LogP contribution is -2.39. The number of pyridine rings is 2. The van der Waals surface area contributed by atoms with Crippen molar-refractivity contribution in [2.24, 2.45) is 0 Å². The number of ether oxygens (including phenoxy) is 2. The summed E-state index contributed by atoms with van der Waals surface area (Å²) in [5.41, 5.74) is 0.102. The molecule has 3 rings (SSSR count). The summed E-state index contributed by atoms with van der Waals surface area (Å²) < 4.78 is 26.3. The number of nitrogens with one attached hydrogen (secondary N) is 1. The van der Waals surface area contributed by atoms with Crippen LogP contribution in [0.1, 0.15) is 29.8 Å². The first-order valence-corrected chi connectivity index (χ1v) is 9.78. The zero-order chi connectivity index (χ0) is 21.5. The molecule has 1 amide bonds. The van der Waals surface area contributed by atoms with Crippen molar-refractivity contribution in [2.75, 3.05) is 19.8 Å². The van der Waals surface area contributed by atoms with Gasteiger partial charge >= 0.3 is 0 Å². The molecule has 0 fully saturated rings. The van der Waals surface area contributed by atoms with Gasteiger partial charge in [-0.2, -0.15) is 0 Å². The molecule has 0 aliphatic heterocycles. The number of rotatable bonds is 9. The van der Waals surface area contributed by atoms with Gasteiger partial charge in [0.2, 0.25) is 0 Å². The van der Waals surface area contributed by atoms with Gasteiger partial charge in [0.05, 0.1) is 13.1 Å². The van der Waals surface area contributed by atoms with Gasteiger partial charge in [0, 0.05) is 30.4 Å². The van der Waals surface area contributed by atoms with Crippen LogP contribution in [0.4, 0.5) is 4.39 Å². The summed E-state index contributed by atoms with van der Waals surface area (Å²) in [6.07, 6.45) is 0.945. The first kappa shape index (κ1) is 21.6. The van der Waals surface area contributed by atoms with Crippen molar-refractivity contribution < 1.29 is 18.7 Å². The molecule has 0 saturated carbocycles. The van der Waals surface area contributed by atoms with Crippen molar-refractivity contribution in [2.45, 2.75) is 26.7 Å². The zero-order valence-corrected chi connectivity index (χ0v) is 16.9. The Morgan fingerprint density at radius 3 is 2.60 bits per heavy atom. The van der Waals surface area contributed by atoms with E-state index in [2.05, 4.69) is 10.3 Å². The number of hydrogen-bond donors (Lipinski definition) is 1. The largest absolute Gasteiger partial charge is 0.351 e. The summed E-state index contributed by atoms with van der Waals surface area (Å²) >= 11 is 0. The van der Waals surface area contributed by atoms with E-state index in [1.807, 2.05) is 13.8 Å². The Morgan fingerprint density at radius 1 is 1.17 bits per heavy atom. The molecule has 30 heavy (non-hydrogen) atoms. The fraction of sp³-hybridized carbons (Fsp3) is 0.318. The van der Waals surface area contributed by atoms with Crippen molar-refractivity contribution in [3.8, 4) is 0 Å². The second-order valence-corrected chi connectivity index (χ2v) is 6.51. The van der Waals surface area contributed by atoms with Crippen molar-refractivity contribution in [3.63, 3.8) is 0 Å². The molecule has 1 N–H and O–H groups in total. The molecule has 0 aliphatic carbocycles. The highest BCUT2D eigenvalue weighted by Gasteiger charge is 2.19. The van der Waals surface area contributed by atoms with Gasteiger partial charge in [-0.1, -0.05) is 18.2 Å². The molecule has 1 aromatic carbocycles. The quantitative estimate of drug-likeness (QED) is 0.546. The molecule has 2 aromatic heterocycles. The lowest BCUT2D eigenvalue weighted by Gasteiger charge is -2.18. The number of carbonyl (C=O) groups is 1. The molecule has 0 atom stereocenters. The summed E-state index contributed by atoms with van der Waals surface area (Å²) in [6, 6.07) is 11.1. The second kappa shape index (κ2) is 10.1. The highest BCUT2D eigenvalue weighted by Crippen LogP contribution is 2.14. The maximum Gasteiger partial charge on any atom is 0.265 e. The Hall–Kier alpha value is -3.10. The molecular weight excluding hydrogens is 389 g/mol. The number of carbonyl (C=O) groups excluding carboxylic acids is 1. The van der Waals surface area contributed by atoms with Gasteiger partial charge in [-0.3, -0.25) is 14.2 Å². The van der Waals surface area contributed by atoms with Crippen LogP contribution in [0.25, 0.3) is 11.0 Å². The highest BCUT2D eigenvalue weighted by atomic mass is 19.1. The van der Waals surface area contributed by atoms with Crippen LogP contribution < -0.4 is 10.9 Å². The first-order chi connectivity index (χ1) is 14.5. The lowest BCUT2D eigenvalue weighted by atomic mass is 10.1. The predicted molar refractivity (Wildman–Crippen MR) is 111 cm³/mol. The molecular formula is C22H24FN3O4. The molecule has 0 spiro atoms. The normalized spacial score (nSPS) is 11.2. The fourth-order valence-corrected chi connectivity index (χ4v) is 3.12. The van der Waals surface area contributed by atoms with Gasteiger partial charge in [-0.25, -0.2) is 9.37 Å². The highest BCUT2D eigenvalue weighted by molar-refractivity contribution is 5.96. The Morgan fingerprint density at radius 2 is 1.90 bits per heavy atom. The van der Waals surface area contributed by atoms with Crippen molar-refractivity contribution in [3.05, 3.63) is 76.0 Å². The Kier molecular flexibility index (Phi) is 7.26. The number of halogens is 1. The average molecular weight is 413 g/mol. The van der Waals surface area contributed by atoms with Crippen LogP contribution >= 0.6 is 0 Å². The van der Waals surface area contributed by atoms with Gasteiger partial charge in [0.1, 0.15) is 17.0 Å². The fourth-order valence-electron chi connectivity index (χ4n) is 3.12. The molecule has 0 saturated heterocycles. The molecule has 0 aliphatic rings. The molecule has 158 valence electrons. The number of benzene rings is 1. The monoisotopic (exact) mass is 413 g/mol. The van der Waals surface area contributed by atoms with Crippen LogP contribution in [-0.4, -0.2) is 41.5 Å². The Labute approximate surface area is 173 Å². The van der Waals surface area contributed by atoms with Crippen molar-refractivity contribution >= 4 is 16.9 Å². The van der Waals surface area contributed by atoms with E-state index >= 15 is 0 Å². The summed E-state index contributed by atoms with van der Waals surface area (Å²) in [7, 11) is 0. The Balaban J connectivity index is 1.96. The van der Waals surface area contributed by atoms with Crippen LogP contribution in [0.2, 0.25) is 0 Å². The van der Waals surface area contributed by atoms with Crippen molar-refractivity contribution in [1.29, 1.82) is 0 Å². The number of amides is 1. The molecule has 0 radical (unpaired) electrons. The average Bonchev–Trinajstić information content (AvgIpc) is 2.75. The number of hydrogen-bond acceptors (Lipinski definition) is 5. The summed E-state index contributed by atoms with van der Waals surface area (Å²) in [6.45, 7) is 4.56. The molecule has 8 heteroatoms. The Bertz CT molecular complexity index is 1080. The summed E-state index contributed by atoms with van der Waals surface area (Å²) in [4.78, 5) is 30.1. The summed E-state index contributed by atoms with van der Waals surface area (Å²) in [5, 5.41) is 3.28. The van der Waals surface area contributed by atoms with E-state index < -0.39 is 23.6 Å². The second-order valence-electron chi connectivity index (χ2n) is 6.51. The number of aromatic nitrogens is 2. The maximum atomic E-state index is 14.2. The molecule has 2 heterocycles. The SMILES string of the molecule is CCOC(CNC(=O)c1cc2cccnc2n(Cc2ccccc2F)c1=O)OCC. The van der Waals surface area contributed by atoms with Crippen LogP contribution in [0, 0.1) is 5.82 Å². The van der Waals surface area contributed by atoms with E-state index in [4.69, 9.17) is 9.47 Å². The standard InChI is InChI=1S/C22H24FN3O4/c1-3-29-19(30-4-2)13-25-21(27)17-12-15-9-7-11-24-20(15)26(22(17)28)14-16-8-5-6-10-18(16)23/h5-12,19H,3-4,13-14H2,1-2H3,(H,25,27). The topological polar surface area (TPSA) is 82.5 Å². The van der Waals surface area contributed by atoms with E-state index in [0.29, 0.717) is 29.8 Å². The van der Waals surface area contributed by atoms with E-state index in [-0.39, 0.29) is 18.7 Å². The van der Waals surface area contributed by atoms with Crippen molar-refractivity contribution in [1.82, 2.24) is 14.9 Å². The molecule has 3 aromatic rings. The van der Waals surface area contributed by atoms with E-state index in [0.717, 1.165) is 0 Å². The predicted octanol–water partition coefficient (Wildman–Crippen LogP) is 2.71. The van der Waals surface area contributed by atoms with E-state index in [1.54, 1.807) is 36.5 Å². The number of fused-ring (bicyclic) bond motifs is 1. The minimum atomic E-state index is -0.605. The molecule has 0 bridgehead atoms. The lowest BCUT2D eigenvalue weighted by molar-refractivity contribution is -0.131. The van der Waals surface area contributed by atoms with Crippen LogP contribution in [0.15, 0.2) is 53.5 Å². The van der Waals surface area contributed by atoms with Gasteiger partial charge < -0.3 is 14.8 Å². The molecule has 7 nitrogen and oxygen atoms in total. The zero-order valence-electron chi connectivity index (χ0n) is 16.9. The van der Waals surface area contributed by atoms with Gasteiger partial charge in [-0.05, 0) is 38.1 Å². The minimum absolute atomic E-state index is 0.0410. The van der Waals surface area contributed by atoms with Crippen LogP contribution in [-0.2, 0) is 16.0 Å². The van der Waals surface area contributed by atoms with E-state index in [1.165, 1.54) is 16.7 Å². The van der Waals surface area contributed by atoms with E-state index in [9.17, 15) is 14.0 Å². The third-order valence-corrected chi connectivity index (χ3v) is 4.51. The van der Waals surface area contributed by atoms with Crippen LogP contribution in [0.3, 0.4) is 0 Å². The third kappa shape index (κ3) is 4.90. The van der Waals surface area contributed by atoms with Gasteiger partial charge in [0.15, 0.2) is 6.29 Å².